The zero-order valence-corrected chi connectivity index (χ0v) is 49.2. The second-order valence-electron chi connectivity index (χ2n) is 28.3. The van der Waals surface area contributed by atoms with Crippen molar-refractivity contribution < 1.29 is 0 Å². The highest BCUT2D eigenvalue weighted by atomic mass is 28.3. The molecule has 0 N–H and O–H groups in total. The number of para-hydroxylation sites is 2. The standard InChI is InChI=1S/C73H68BN3Si/c1-39-30-40(2)65(41(3)31-39)76-55-23-19-17-21-49(55)62-57(76)38-52-46-20-16-18-22-54(46)75-56-28-29-58-69-63(56)74(64(62)68(52)75)53-34-44(72(10,11)12)32-50-51-33-45(73(13,14)15)37-61(67(51)77(69)66(50)53)78(58)59-35-42(70(4,5)6)24-26-47(59)48-27-25-43(36-60(48)78)71(7,8)9/h16-38H,1-15H3. The Kier molecular flexibility index (Phi) is 8.67. The number of aromatic nitrogens is 3. The normalized spacial score (nSPS) is 14.9. The number of hydrogen-bond donors (Lipinski definition) is 0. The van der Waals surface area contributed by atoms with Gasteiger partial charge in [0.1, 0.15) is 0 Å². The maximum atomic E-state index is 2.85. The predicted molar refractivity (Wildman–Crippen MR) is 339 cm³/mol. The Hall–Kier alpha value is -7.34. The minimum Gasteiger partial charge on any atom is -0.310 e. The molecule has 0 radical (unpaired) electrons. The van der Waals surface area contributed by atoms with Crippen LogP contribution in [-0.4, -0.2) is 28.5 Å². The van der Waals surface area contributed by atoms with Crippen LogP contribution in [0.25, 0.3) is 93.6 Å². The topological polar surface area (TPSA) is 14.8 Å². The predicted octanol–water partition coefficient (Wildman–Crippen LogP) is 13.9. The summed E-state index contributed by atoms with van der Waals surface area (Å²) in [5.41, 5.74) is 28.4. The molecule has 1 spiro atoms. The van der Waals surface area contributed by atoms with Crippen molar-refractivity contribution in [3.8, 4) is 28.2 Å². The van der Waals surface area contributed by atoms with Gasteiger partial charge in [-0.25, -0.2) is 0 Å². The van der Waals surface area contributed by atoms with Gasteiger partial charge in [0.15, 0.2) is 8.07 Å². The van der Waals surface area contributed by atoms with Crippen LogP contribution in [0.5, 0.6) is 0 Å². The third-order valence-corrected chi connectivity index (χ3v) is 24.3. The third-order valence-electron chi connectivity index (χ3n) is 19.4. The molecule has 0 amide bonds. The van der Waals surface area contributed by atoms with Gasteiger partial charge in [-0.05, 0) is 160 Å². The van der Waals surface area contributed by atoms with Crippen molar-refractivity contribution in [2.24, 2.45) is 0 Å². The first kappa shape index (κ1) is 46.7. The Balaban J connectivity index is 1.19. The van der Waals surface area contributed by atoms with Gasteiger partial charge in [-0.1, -0.05) is 192 Å². The van der Waals surface area contributed by atoms with Crippen LogP contribution < -0.4 is 37.1 Å². The van der Waals surface area contributed by atoms with E-state index in [1.165, 1.54) is 154 Å². The average molecular weight is 1030 g/mol. The van der Waals surface area contributed by atoms with Gasteiger partial charge >= 0.3 is 0 Å². The summed E-state index contributed by atoms with van der Waals surface area (Å²) in [4.78, 5) is 0. The second kappa shape index (κ2) is 14.5. The number of benzene rings is 9. The molecule has 0 unspecified atom stereocenters. The van der Waals surface area contributed by atoms with Crippen LogP contribution in [0.3, 0.4) is 0 Å². The molecule has 0 atom stereocenters. The molecule has 0 saturated heterocycles. The number of fused-ring (bicyclic) bond motifs is 18. The SMILES string of the molecule is Cc1cc(C)c(-n2c3ccccc3c3c4c5c(cc32)c2ccccc2n5-c2ccc3c5c2B4c2cc(C(C)(C)C)cc4c6cc(C(C)(C)C)cc(c6n-5c24)[Si]32c3cc(C(C)(C)C)ccc3-c3ccc(C(C)(C)C)cc32)c(C)c1. The van der Waals surface area contributed by atoms with E-state index >= 15 is 0 Å². The molecule has 0 saturated carbocycles. The average Bonchev–Trinajstić information content (AvgIpc) is 2.25. The fourth-order valence-corrected chi connectivity index (χ4v) is 21.5. The first-order valence-corrected chi connectivity index (χ1v) is 30.7. The summed E-state index contributed by atoms with van der Waals surface area (Å²) in [7, 11) is -3.20. The number of aryl methyl sites for hydroxylation is 3. The van der Waals surface area contributed by atoms with E-state index in [2.05, 4.69) is 257 Å². The molecule has 4 aliphatic heterocycles. The van der Waals surface area contributed by atoms with Gasteiger partial charge < -0.3 is 13.7 Å². The van der Waals surface area contributed by atoms with E-state index in [0.29, 0.717) is 0 Å². The van der Waals surface area contributed by atoms with Gasteiger partial charge in [-0.2, -0.15) is 0 Å². The van der Waals surface area contributed by atoms with Crippen molar-refractivity contribution in [1.29, 1.82) is 0 Å². The molecule has 7 heterocycles. The fraction of sp³-hybridized carbons (Fsp3) is 0.260. The molecule has 0 bridgehead atoms. The molecule has 0 fully saturated rings. The van der Waals surface area contributed by atoms with Crippen molar-refractivity contribution in [2.45, 2.75) is 126 Å². The zero-order chi connectivity index (χ0) is 54.0. The van der Waals surface area contributed by atoms with E-state index in [9.17, 15) is 0 Å². The summed E-state index contributed by atoms with van der Waals surface area (Å²) >= 11 is 0. The molecule has 0 aliphatic carbocycles. The monoisotopic (exact) mass is 1030 g/mol. The third kappa shape index (κ3) is 5.57. The quantitative estimate of drug-likeness (QED) is 0.146. The first-order valence-electron chi connectivity index (χ1n) is 28.7. The molecule has 3 aromatic heterocycles. The highest BCUT2D eigenvalue weighted by Gasteiger charge is 2.57. The van der Waals surface area contributed by atoms with Crippen molar-refractivity contribution in [2.75, 3.05) is 0 Å². The van der Waals surface area contributed by atoms with Crippen molar-refractivity contribution in [1.82, 2.24) is 13.7 Å². The Bertz CT molecular complexity index is 4720. The number of rotatable bonds is 1. The van der Waals surface area contributed by atoms with Gasteiger partial charge in [-0.3, -0.25) is 0 Å². The van der Waals surface area contributed by atoms with Crippen LogP contribution in [0.2, 0.25) is 0 Å². The molecule has 78 heavy (non-hydrogen) atoms. The molecular formula is C73H68BN3Si. The van der Waals surface area contributed by atoms with E-state index in [0.717, 1.165) is 0 Å². The number of hydrogen-bond acceptors (Lipinski definition) is 0. The molecule has 12 aromatic rings. The summed E-state index contributed by atoms with van der Waals surface area (Å²) in [6.07, 6.45) is 0. The summed E-state index contributed by atoms with van der Waals surface area (Å²) < 4.78 is 8.21. The van der Waals surface area contributed by atoms with Crippen LogP contribution in [-0.2, 0) is 21.7 Å². The van der Waals surface area contributed by atoms with Crippen molar-refractivity contribution in [3.05, 3.63) is 178 Å². The lowest BCUT2D eigenvalue weighted by molar-refractivity contribution is 0.590. The fourth-order valence-electron chi connectivity index (χ4n) is 15.9. The second-order valence-corrected chi connectivity index (χ2v) is 32.0. The highest BCUT2D eigenvalue weighted by Crippen LogP contribution is 2.47. The smallest absolute Gasteiger partial charge is 0.253 e. The minimum atomic E-state index is -3.20. The summed E-state index contributed by atoms with van der Waals surface area (Å²) in [5, 5.41) is 14.3. The van der Waals surface area contributed by atoms with Gasteiger partial charge in [0.05, 0.1) is 33.3 Å². The van der Waals surface area contributed by atoms with E-state index in [1.54, 1.807) is 15.6 Å². The van der Waals surface area contributed by atoms with Crippen molar-refractivity contribution >= 4 is 117 Å². The molecule has 3 nitrogen and oxygen atoms in total. The van der Waals surface area contributed by atoms with Crippen LogP contribution in [0.4, 0.5) is 0 Å². The van der Waals surface area contributed by atoms with Gasteiger partial charge in [0, 0.05) is 49.2 Å². The lowest BCUT2D eigenvalue weighted by Gasteiger charge is -2.43. The van der Waals surface area contributed by atoms with Crippen LogP contribution in [0.15, 0.2) is 140 Å². The van der Waals surface area contributed by atoms with Crippen LogP contribution in [0.1, 0.15) is 122 Å². The minimum absolute atomic E-state index is 0.0413. The number of nitrogens with zero attached hydrogens (tertiary/aromatic N) is 3. The summed E-state index contributed by atoms with van der Waals surface area (Å²) in [5.74, 6) is 0. The summed E-state index contributed by atoms with van der Waals surface area (Å²) in [6.45, 7) is 35.8. The van der Waals surface area contributed by atoms with E-state index < -0.39 is 8.07 Å². The lowest BCUT2D eigenvalue weighted by atomic mass is 9.33. The Morgan fingerprint density at radius 3 is 1.50 bits per heavy atom. The van der Waals surface area contributed by atoms with Crippen LogP contribution >= 0.6 is 0 Å². The highest BCUT2D eigenvalue weighted by molar-refractivity contribution is 7.24. The molecule has 5 heteroatoms. The first-order chi connectivity index (χ1) is 37.0. The summed E-state index contributed by atoms with van der Waals surface area (Å²) in [6, 6.07) is 57.2. The molecule has 9 aromatic carbocycles. The molecule has 382 valence electrons. The van der Waals surface area contributed by atoms with Gasteiger partial charge in [0.25, 0.3) is 6.71 Å². The van der Waals surface area contributed by atoms with E-state index in [4.69, 9.17) is 0 Å². The van der Waals surface area contributed by atoms with Crippen LogP contribution in [0, 0.1) is 20.8 Å². The van der Waals surface area contributed by atoms with Gasteiger partial charge in [-0.15, -0.1) is 0 Å². The maximum Gasteiger partial charge on any atom is 0.253 e. The zero-order valence-electron chi connectivity index (χ0n) is 48.2. The van der Waals surface area contributed by atoms with E-state index in [-0.39, 0.29) is 28.4 Å². The van der Waals surface area contributed by atoms with E-state index in [1.807, 2.05) is 0 Å². The lowest BCUT2D eigenvalue weighted by Crippen LogP contribution is -2.77. The maximum absolute atomic E-state index is 3.20. The van der Waals surface area contributed by atoms with Crippen molar-refractivity contribution in [3.63, 3.8) is 0 Å². The Morgan fingerprint density at radius 2 is 0.897 bits per heavy atom. The molecular weight excluding hydrogens is 958 g/mol. The Labute approximate surface area is 460 Å². The molecule has 4 aliphatic rings. The van der Waals surface area contributed by atoms with Gasteiger partial charge in [0.2, 0.25) is 0 Å². The molecule has 16 rings (SSSR count). The Morgan fingerprint density at radius 1 is 0.372 bits per heavy atom. The largest absolute Gasteiger partial charge is 0.310 e.